The maximum atomic E-state index is 7.08. The van der Waals surface area contributed by atoms with Gasteiger partial charge in [0.15, 0.2) is 0 Å². The Balaban J connectivity index is 1.14. The summed E-state index contributed by atoms with van der Waals surface area (Å²) >= 11 is 1.85. The summed E-state index contributed by atoms with van der Waals surface area (Å²) in [6, 6.07) is 79.3. The first-order valence-corrected chi connectivity index (χ1v) is 21.9. The molecule has 3 nitrogen and oxygen atoms in total. The van der Waals surface area contributed by atoms with Gasteiger partial charge in [-0.3, -0.25) is 0 Å². The molecule has 0 N–H and O–H groups in total. The summed E-state index contributed by atoms with van der Waals surface area (Å²) in [5, 5.41) is 9.57. The lowest BCUT2D eigenvalue weighted by Crippen LogP contribution is -2.13. The minimum atomic E-state index is 0.853. The van der Waals surface area contributed by atoms with Gasteiger partial charge in [-0.1, -0.05) is 146 Å². The summed E-state index contributed by atoms with van der Waals surface area (Å²) in [7, 11) is 0. The van der Waals surface area contributed by atoms with E-state index in [4.69, 9.17) is 4.42 Å². The molecule has 0 bridgehead atoms. The van der Waals surface area contributed by atoms with Crippen LogP contribution in [0, 0.1) is 0 Å². The summed E-state index contributed by atoms with van der Waals surface area (Å²) in [5.74, 6) is 0. The quantitative estimate of drug-likeness (QED) is 0.167. The lowest BCUT2D eigenvalue weighted by molar-refractivity contribution is 0.670. The van der Waals surface area contributed by atoms with Crippen LogP contribution in [0.25, 0.3) is 103 Å². The lowest BCUT2D eigenvalue weighted by atomic mass is 9.95. The van der Waals surface area contributed by atoms with Crippen LogP contribution in [0.5, 0.6) is 0 Å². The molecule has 0 amide bonds. The third-order valence-corrected chi connectivity index (χ3v) is 13.7. The number of anilines is 3. The summed E-state index contributed by atoms with van der Waals surface area (Å²) in [6.07, 6.45) is 0. The summed E-state index contributed by atoms with van der Waals surface area (Å²) < 4.78 is 12.1. The lowest BCUT2D eigenvalue weighted by Gasteiger charge is -2.30. The van der Waals surface area contributed by atoms with Gasteiger partial charge < -0.3 is 13.9 Å². The number of rotatable bonds is 6. The van der Waals surface area contributed by atoms with Crippen molar-refractivity contribution in [3.63, 3.8) is 0 Å². The number of hydrogen-bond acceptors (Lipinski definition) is 3. The van der Waals surface area contributed by atoms with Crippen molar-refractivity contribution >= 4 is 103 Å². The minimum absolute atomic E-state index is 0.853. The van der Waals surface area contributed by atoms with Crippen molar-refractivity contribution in [1.82, 2.24) is 4.57 Å². The van der Waals surface area contributed by atoms with Gasteiger partial charge in [-0.2, -0.15) is 0 Å². The molecule has 0 fully saturated rings. The molecule has 0 aliphatic heterocycles. The number of fused-ring (bicyclic) bond motifs is 10. The van der Waals surface area contributed by atoms with E-state index >= 15 is 0 Å². The maximum absolute atomic E-state index is 7.08. The molecule has 0 radical (unpaired) electrons. The second kappa shape index (κ2) is 13.8. The molecule has 10 aromatic carbocycles. The van der Waals surface area contributed by atoms with Gasteiger partial charge in [0.05, 0.1) is 33.7 Å². The maximum Gasteiger partial charge on any atom is 0.145 e. The Kier molecular flexibility index (Phi) is 7.78. The third kappa shape index (κ3) is 5.30. The van der Waals surface area contributed by atoms with E-state index in [1.54, 1.807) is 0 Å². The Morgan fingerprint density at radius 1 is 0.403 bits per heavy atom. The fourth-order valence-electron chi connectivity index (χ4n) is 9.82. The van der Waals surface area contributed by atoms with Crippen molar-refractivity contribution in [2.75, 3.05) is 4.90 Å². The van der Waals surface area contributed by atoms with E-state index in [-0.39, 0.29) is 0 Å². The molecule has 0 aliphatic carbocycles. The molecule has 0 spiro atoms. The zero-order chi connectivity index (χ0) is 40.7. The van der Waals surface area contributed by atoms with Crippen LogP contribution >= 0.6 is 11.3 Å². The van der Waals surface area contributed by atoms with Crippen LogP contribution in [0.15, 0.2) is 223 Å². The highest BCUT2D eigenvalue weighted by Crippen LogP contribution is 2.51. The van der Waals surface area contributed by atoms with Gasteiger partial charge in [0.25, 0.3) is 0 Å². The molecule has 4 heteroatoms. The highest BCUT2D eigenvalue weighted by Gasteiger charge is 2.27. The van der Waals surface area contributed by atoms with Crippen molar-refractivity contribution in [1.29, 1.82) is 0 Å². The van der Waals surface area contributed by atoms with Gasteiger partial charge in [0.2, 0.25) is 0 Å². The Bertz CT molecular complexity index is 3850. The summed E-state index contributed by atoms with van der Waals surface area (Å²) in [5.41, 5.74) is 12.7. The number of thiophene rings is 1. The van der Waals surface area contributed by atoms with Gasteiger partial charge >= 0.3 is 0 Å². The average Bonchev–Trinajstić information content (AvgIpc) is 4.01. The highest BCUT2D eigenvalue weighted by atomic mass is 32.1. The van der Waals surface area contributed by atoms with E-state index in [0.717, 1.165) is 72.4 Å². The van der Waals surface area contributed by atoms with Crippen molar-refractivity contribution in [2.24, 2.45) is 0 Å². The molecule has 0 saturated carbocycles. The predicted octanol–water partition coefficient (Wildman–Crippen LogP) is 17.0. The zero-order valence-corrected chi connectivity index (χ0v) is 34.3. The Morgan fingerprint density at radius 3 is 1.89 bits per heavy atom. The molecule has 3 heterocycles. The van der Waals surface area contributed by atoms with Crippen molar-refractivity contribution in [2.45, 2.75) is 0 Å². The van der Waals surface area contributed by atoms with Crippen LogP contribution < -0.4 is 4.90 Å². The molecule has 13 rings (SSSR count). The van der Waals surface area contributed by atoms with Crippen LogP contribution in [0.4, 0.5) is 17.1 Å². The first kappa shape index (κ1) is 34.9. The topological polar surface area (TPSA) is 21.3 Å². The number of furan rings is 1. The molecule has 62 heavy (non-hydrogen) atoms. The largest absolute Gasteiger partial charge is 0.455 e. The van der Waals surface area contributed by atoms with E-state index in [1.807, 2.05) is 11.3 Å². The molecular formula is C58H36N2OS. The Morgan fingerprint density at radius 2 is 1.05 bits per heavy atom. The molecule has 13 aromatic rings. The first-order valence-electron chi connectivity index (χ1n) is 21.1. The predicted molar refractivity (Wildman–Crippen MR) is 264 cm³/mol. The van der Waals surface area contributed by atoms with E-state index in [1.165, 1.54) is 47.3 Å². The van der Waals surface area contributed by atoms with Crippen LogP contribution in [0.3, 0.4) is 0 Å². The number of hydrogen-bond donors (Lipinski definition) is 0. The van der Waals surface area contributed by atoms with Crippen LogP contribution in [0.2, 0.25) is 0 Å². The van der Waals surface area contributed by atoms with Crippen molar-refractivity contribution in [3.05, 3.63) is 218 Å². The van der Waals surface area contributed by atoms with E-state index < -0.39 is 0 Å². The monoisotopic (exact) mass is 808 g/mol. The van der Waals surface area contributed by atoms with Gasteiger partial charge in [0, 0.05) is 58.5 Å². The molecule has 0 atom stereocenters. The smallest absolute Gasteiger partial charge is 0.145 e. The molecule has 0 unspecified atom stereocenters. The Hall–Kier alpha value is -7.92. The number of aromatic nitrogens is 1. The number of para-hydroxylation sites is 5. The van der Waals surface area contributed by atoms with Gasteiger partial charge in [0.1, 0.15) is 11.2 Å². The van der Waals surface area contributed by atoms with Crippen molar-refractivity contribution < 1.29 is 4.42 Å². The second-order valence-electron chi connectivity index (χ2n) is 16.0. The molecule has 290 valence electrons. The molecule has 3 aromatic heterocycles. The first-order chi connectivity index (χ1) is 30.8. The van der Waals surface area contributed by atoms with E-state index in [0.29, 0.717) is 0 Å². The van der Waals surface area contributed by atoms with Crippen LogP contribution in [-0.4, -0.2) is 4.57 Å². The Labute approximate surface area is 361 Å². The van der Waals surface area contributed by atoms with Gasteiger partial charge in [-0.05, 0) is 89.1 Å². The average molecular weight is 809 g/mol. The second-order valence-corrected chi connectivity index (χ2v) is 17.1. The van der Waals surface area contributed by atoms with Gasteiger partial charge in [-0.15, -0.1) is 11.3 Å². The standard InChI is InChI=1S/C58H36N2OS/c1-2-16-38-35-40(31-29-37(38)15-1)59(49-23-9-3-17-41(49)39-30-34-56-48(36-39)45-21-8-14-28-55(45)62-56)53-33-32-46-44-20-7-13-27-54(44)61-58(46)57(53)47-22-6-12-26-52(47)60-50-24-10-4-18-42(50)43-19-5-11-25-51(43)60/h1-36H. The normalized spacial score (nSPS) is 11.9. The van der Waals surface area contributed by atoms with Crippen LogP contribution in [-0.2, 0) is 0 Å². The van der Waals surface area contributed by atoms with Gasteiger partial charge in [-0.25, -0.2) is 0 Å². The highest BCUT2D eigenvalue weighted by molar-refractivity contribution is 7.25. The fourth-order valence-corrected chi connectivity index (χ4v) is 10.9. The zero-order valence-electron chi connectivity index (χ0n) is 33.5. The van der Waals surface area contributed by atoms with E-state index in [2.05, 4.69) is 228 Å². The SMILES string of the molecule is c1ccc(N(c2ccc3ccccc3c2)c2ccc3c(oc4ccccc43)c2-c2ccccc2-n2c3ccccc3c3ccccc32)c(-c2ccc3sc4ccccc4c3c2)c1. The number of benzene rings is 10. The summed E-state index contributed by atoms with van der Waals surface area (Å²) in [4.78, 5) is 2.46. The molecular weight excluding hydrogens is 773 g/mol. The van der Waals surface area contributed by atoms with Crippen LogP contribution in [0.1, 0.15) is 0 Å². The molecule has 0 saturated heterocycles. The third-order valence-electron chi connectivity index (χ3n) is 12.6. The fraction of sp³-hybridized carbons (Fsp3) is 0. The molecule has 0 aliphatic rings. The van der Waals surface area contributed by atoms with E-state index in [9.17, 15) is 0 Å². The minimum Gasteiger partial charge on any atom is -0.455 e. The summed E-state index contributed by atoms with van der Waals surface area (Å²) in [6.45, 7) is 0. The number of nitrogens with zero attached hydrogens (tertiary/aromatic N) is 2. The van der Waals surface area contributed by atoms with Crippen molar-refractivity contribution in [3.8, 4) is 27.9 Å².